The van der Waals surface area contributed by atoms with E-state index in [4.69, 9.17) is 4.98 Å². The van der Waals surface area contributed by atoms with Crippen molar-refractivity contribution < 1.29 is 9.59 Å². The molecule has 34 heavy (non-hydrogen) atoms. The van der Waals surface area contributed by atoms with Crippen molar-refractivity contribution in [1.82, 2.24) is 15.6 Å². The van der Waals surface area contributed by atoms with Crippen molar-refractivity contribution in [2.24, 2.45) is 11.8 Å². The summed E-state index contributed by atoms with van der Waals surface area (Å²) < 4.78 is 0. The van der Waals surface area contributed by atoms with Crippen LogP contribution in [0.25, 0.3) is 16.5 Å². The fraction of sp³-hybridized carbons (Fsp3) is 0.536. The summed E-state index contributed by atoms with van der Waals surface area (Å²) in [4.78, 5) is 32.6. The molecule has 182 valence electrons. The Labute approximate surface area is 203 Å². The van der Waals surface area contributed by atoms with Gasteiger partial charge in [-0.1, -0.05) is 24.6 Å². The Balaban J connectivity index is 1.38. The third kappa shape index (κ3) is 5.43. The first-order chi connectivity index (χ1) is 16.4. The van der Waals surface area contributed by atoms with Gasteiger partial charge in [-0.15, -0.1) is 0 Å². The molecule has 2 amide bonds. The summed E-state index contributed by atoms with van der Waals surface area (Å²) in [5.41, 5.74) is 4.30. The molecule has 2 aromatic rings. The van der Waals surface area contributed by atoms with Gasteiger partial charge in [0.1, 0.15) is 5.82 Å². The molecule has 2 atom stereocenters. The Morgan fingerprint density at radius 3 is 2.56 bits per heavy atom. The van der Waals surface area contributed by atoms with Crippen molar-refractivity contribution in [3.05, 3.63) is 42.0 Å². The van der Waals surface area contributed by atoms with E-state index in [1.54, 1.807) is 0 Å². The molecule has 1 aliphatic carbocycles. The molecule has 2 heterocycles. The van der Waals surface area contributed by atoms with Gasteiger partial charge in [-0.3, -0.25) is 9.59 Å². The highest BCUT2D eigenvalue weighted by Gasteiger charge is 2.31. The first kappa shape index (κ1) is 24.2. The topological polar surface area (TPSA) is 74.3 Å². The van der Waals surface area contributed by atoms with Crippen molar-refractivity contribution in [1.29, 1.82) is 0 Å². The lowest BCUT2D eigenvalue weighted by Crippen LogP contribution is -2.46. The van der Waals surface area contributed by atoms with E-state index in [-0.39, 0.29) is 29.7 Å². The number of carbonyl (C=O) groups excluding carboxylic acids is 2. The SMILES string of the molecule is C=C(C)c1cc2cc(C)ccc2nc1N1CCC(C(=O)N[C@H]2CCC[C@H](C(=O)NCC)C2)CC1. The lowest BCUT2D eigenvalue weighted by Gasteiger charge is -2.35. The van der Waals surface area contributed by atoms with Crippen molar-refractivity contribution in [3.8, 4) is 0 Å². The standard InChI is InChI=1S/C28H38N4O2/c1-5-29-27(33)21-7-6-8-23(16-21)30-28(34)20-11-13-32(14-12-20)26-24(18(2)3)17-22-15-19(4)9-10-25(22)31-26/h9-10,15,17,20-21,23H,2,5-8,11-14,16H2,1,3-4H3,(H,29,33)(H,30,34)/t21-,23-/m0/s1. The number of nitrogens with one attached hydrogen (secondary N) is 2. The minimum absolute atomic E-state index is 0.0116. The van der Waals surface area contributed by atoms with E-state index in [9.17, 15) is 9.59 Å². The molecule has 0 radical (unpaired) electrons. The zero-order chi connectivity index (χ0) is 24.2. The Hall–Kier alpha value is -2.89. The highest BCUT2D eigenvalue weighted by Crippen LogP contribution is 2.32. The number of pyridine rings is 1. The number of fused-ring (bicyclic) bond motifs is 1. The predicted molar refractivity (Wildman–Crippen MR) is 139 cm³/mol. The van der Waals surface area contributed by atoms with Crippen molar-refractivity contribution in [2.45, 2.75) is 65.3 Å². The van der Waals surface area contributed by atoms with Crippen LogP contribution in [-0.2, 0) is 9.59 Å². The van der Waals surface area contributed by atoms with Crippen molar-refractivity contribution >= 4 is 34.1 Å². The van der Waals surface area contributed by atoms with Crippen molar-refractivity contribution in [2.75, 3.05) is 24.5 Å². The summed E-state index contributed by atoms with van der Waals surface area (Å²) in [5, 5.41) is 7.33. The number of aryl methyl sites for hydroxylation is 1. The van der Waals surface area contributed by atoms with E-state index >= 15 is 0 Å². The van der Waals surface area contributed by atoms with Crippen LogP contribution in [0.2, 0.25) is 0 Å². The number of rotatable bonds is 6. The molecule has 1 aromatic heterocycles. The van der Waals surface area contributed by atoms with Crippen LogP contribution in [0, 0.1) is 18.8 Å². The lowest BCUT2D eigenvalue weighted by molar-refractivity contribution is -0.129. The summed E-state index contributed by atoms with van der Waals surface area (Å²) in [6, 6.07) is 8.64. The maximum atomic E-state index is 13.0. The van der Waals surface area contributed by atoms with Gasteiger partial charge in [-0.05, 0) is 76.6 Å². The number of nitrogens with zero attached hydrogens (tertiary/aromatic N) is 2. The van der Waals surface area contributed by atoms with Crippen LogP contribution in [0.5, 0.6) is 0 Å². The largest absolute Gasteiger partial charge is 0.356 e. The van der Waals surface area contributed by atoms with E-state index in [1.165, 1.54) is 5.56 Å². The molecule has 0 unspecified atom stereocenters. The molecule has 1 saturated heterocycles. The predicted octanol–water partition coefficient (Wildman–Crippen LogP) is 4.60. The third-order valence-corrected chi connectivity index (χ3v) is 7.32. The van der Waals surface area contributed by atoms with Gasteiger partial charge in [0.05, 0.1) is 5.52 Å². The molecular weight excluding hydrogens is 424 g/mol. The van der Waals surface area contributed by atoms with Crippen molar-refractivity contribution in [3.63, 3.8) is 0 Å². The van der Waals surface area contributed by atoms with Crippen LogP contribution in [0.4, 0.5) is 5.82 Å². The van der Waals surface area contributed by atoms with Gasteiger partial charge in [0.25, 0.3) is 0 Å². The minimum atomic E-state index is 0.0116. The van der Waals surface area contributed by atoms with Gasteiger partial charge < -0.3 is 15.5 Å². The fourth-order valence-corrected chi connectivity index (χ4v) is 5.39. The number of benzene rings is 1. The number of hydrogen-bond donors (Lipinski definition) is 2. The van der Waals surface area contributed by atoms with Crippen LogP contribution in [0.1, 0.15) is 63.5 Å². The maximum Gasteiger partial charge on any atom is 0.223 e. The van der Waals surface area contributed by atoms with Gasteiger partial charge in [0, 0.05) is 48.5 Å². The number of carbonyl (C=O) groups is 2. The first-order valence-corrected chi connectivity index (χ1v) is 12.8. The zero-order valence-corrected chi connectivity index (χ0v) is 20.8. The molecular formula is C28H38N4O2. The summed E-state index contributed by atoms with van der Waals surface area (Å²) in [7, 11) is 0. The Morgan fingerprint density at radius 1 is 1.09 bits per heavy atom. The molecule has 2 aliphatic rings. The molecule has 4 rings (SSSR count). The molecule has 6 heteroatoms. The normalized spacial score (nSPS) is 21.3. The molecule has 1 saturated carbocycles. The van der Waals surface area contributed by atoms with Gasteiger partial charge in [-0.2, -0.15) is 0 Å². The molecule has 1 aromatic carbocycles. The van der Waals surface area contributed by atoms with Crippen LogP contribution in [0.15, 0.2) is 30.8 Å². The van der Waals surface area contributed by atoms with Crippen LogP contribution >= 0.6 is 0 Å². The van der Waals surface area contributed by atoms with Gasteiger partial charge in [0.2, 0.25) is 11.8 Å². The molecule has 0 bridgehead atoms. The van der Waals surface area contributed by atoms with Crippen LogP contribution in [-0.4, -0.2) is 42.5 Å². The van der Waals surface area contributed by atoms with Crippen LogP contribution < -0.4 is 15.5 Å². The highest BCUT2D eigenvalue weighted by atomic mass is 16.2. The number of hydrogen-bond acceptors (Lipinski definition) is 4. The fourth-order valence-electron chi connectivity index (χ4n) is 5.39. The third-order valence-electron chi connectivity index (χ3n) is 7.32. The maximum absolute atomic E-state index is 13.0. The Kier molecular flexibility index (Phi) is 7.54. The number of aromatic nitrogens is 1. The van der Waals surface area contributed by atoms with E-state index in [1.807, 2.05) is 13.8 Å². The number of anilines is 1. The van der Waals surface area contributed by atoms with E-state index in [2.05, 4.69) is 53.3 Å². The molecule has 0 spiro atoms. The smallest absolute Gasteiger partial charge is 0.223 e. The second-order valence-electron chi connectivity index (χ2n) is 10.1. The van der Waals surface area contributed by atoms with E-state index < -0.39 is 0 Å². The average Bonchev–Trinajstić information content (AvgIpc) is 2.83. The lowest BCUT2D eigenvalue weighted by atomic mass is 9.84. The van der Waals surface area contributed by atoms with E-state index in [0.29, 0.717) is 6.54 Å². The quantitative estimate of drug-likeness (QED) is 0.658. The Morgan fingerprint density at radius 2 is 1.85 bits per heavy atom. The summed E-state index contributed by atoms with van der Waals surface area (Å²) >= 11 is 0. The highest BCUT2D eigenvalue weighted by molar-refractivity contribution is 5.88. The van der Waals surface area contributed by atoms with Crippen LogP contribution in [0.3, 0.4) is 0 Å². The summed E-state index contributed by atoms with van der Waals surface area (Å²) in [6.45, 7) is 12.5. The summed E-state index contributed by atoms with van der Waals surface area (Å²) in [5.74, 6) is 1.27. The number of amides is 2. The molecule has 2 N–H and O–H groups in total. The monoisotopic (exact) mass is 462 g/mol. The first-order valence-electron chi connectivity index (χ1n) is 12.8. The van der Waals surface area contributed by atoms with Gasteiger partial charge >= 0.3 is 0 Å². The summed E-state index contributed by atoms with van der Waals surface area (Å²) in [6.07, 6.45) is 5.23. The molecule has 1 aliphatic heterocycles. The zero-order valence-electron chi connectivity index (χ0n) is 20.8. The molecule has 6 nitrogen and oxygen atoms in total. The minimum Gasteiger partial charge on any atom is -0.356 e. The second-order valence-corrected chi connectivity index (χ2v) is 10.1. The van der Waals surface area contributed by atoms with E-state index in [0.717, 1.165) is 79.5 Å². The van der Waals surface area contributed by atoms with Gasteiger partial charge in [-0.25, -0.2) is 4.98 Å². The number of piperidine rings is 1. The average molecular weight is 463 g/mol. The second kappa shape index (κ2) is 10.6. The Bertz CT molecular complexity index is 1070. The number of allylic oxidation sites excluding steroid dienone is 1. The van der Waals surface area contributed by atoms with Gasteiger partial charge in [0.15, 0.2) is 0 Å². The molecule has 2 fully saturated rings.